The zero-order valence-corrected chi connectivity index (χ0v) is 9.71. The first-order chi connectivity index (χ1) is 7.00. The van der Waals surface area contributed by atoms with Gasteiger partial charge in [-0.25, -0.2) is 9.18 Å². The molecule has 0 fully saturated rings. The maximum absolute atomic E-state index is 13.5. The quantitative estimate of drug-likeness (QED) is 0.891. The summed E-state index contributed by atoms with van der Waals surface area (Å²) in [5.74, 6) is -0.337. The van der Waals surface area contributed by atoms with Crippen LogP contribution in [0.1, 0.15) is 12.5 Å². The molecule has 0 saturated carbocycles. The van der Waals surface area contributed by atoms with Gasteiger partial charge in [0.25, 0.3) is 0 Å². The van der Waals surface area contributed by atoms with Gasteiger partial charge >= 0.3 is 6.09 Å². The van der Waals surface area contributed by atoms with E-state index in [4.69, 9.17) is 5.11 Å². The van der Waals surface area contributed by atoms with Crippen LogP contribution in [0, 0.1) is 5.82 Å². The summed E-state index contributed by atoms with van der Waals surface area (Å²) in [6.07, 6.45) is -0.768. The van der Waals surface area contributed by atoms with Crippen molar-refractivity contribution in [3.8, 4) is 0 Å². The lowest BCUT2D eigenvalue weighted by Gasteiger charge is -2.12. The molecule has 0 radical (unpaired) electrons. The van der Waals surface area contributed by atoms with Gasteiger partial charge in [0.05, 0.1) is 4.47 Å². The predicted octanol–water partition coefficient (Wildman–Crippen LogP) is 2.79. The zero-order valence-electron chi connectivity index (χ0n) is 8.13. The van der Waals surface area contributed by atoms with Crippen LogP contribution in [-0.4, -0.2) is 17.2 Å². The summed E-state index contributed by atoms with van der Waals surface area (Å²) in [4.78, 5) is 10.3. The fourth-order valence-corrected chi connectivity index (χ4v) is 1.71. The number of hydrogen-bond acceptors (Lipinski definition) is 1. The molecule has 0 unspecified atom stereocenters. The summed E-state index contributed by atoms with van der Waals surface area (Å²) in [5, 5.41) is 10.7. The van der Waals surface area contributed by atoms with Gasteiger partial charge in [-0.15, -0.1) is 0 Å². The standard InChI is InChI=1S/C10H11BrFNO2/c1-6(13-10(14)15)5-7-3-2-4-8(11)9(7)12/h2-4,6,13H,5H2,1H3,(H,14,15)/t6-/m1/s1. The van der Waals surface area contributed by atoms with E-state index in [1.54, 1.807) is 25.1 Å². The van der Waals surface area contributed by atoms with Crippen LogP contribution in [0.3, 0.4) is 0 Å². The first kappa shape index (κ1) is 12.0. The Hall–Kier alpha value is -1.10. The molecule has 1 amide bonds. The van der Waals surface area contributed by atoms with Gasteiger partial charge in [-0.2, -0.15) is 0 Å². The molecule has 0 spiro atoms. The van der Waals surface area contributed by atoms with E-state index in [9.17, 15) is 9.18 Å². The molecule has 2 N–H and O–H groups in total. The molecule has 0 aromatic heterocycles. The lowest BCUT2D eigenvalue weighted by molar-refractivity contribution is 0.190. The topological polar surface area (TPSA) is 49.3 Å². The summed E-state index contributed by atoms with van der Waals surface area (Å²) in [7, 11) is 0. The van der Waals surface area contributed by atoms with Gasteiger partial charge in [-0.3, -0.25) is 0 Å². The van der Waals surface area contributed by atoms with Crippen LogP contribution in [0.5, 0.6) is 0 Å². The van der Waals surface area contributed by atoms with Crippen LogP contribution < -0.4 is 5.32 Å². The molecule has 1 atom stereocenters. The maximum Gasteiger partial charge on any atom is 0.404 e. The number of hydrogen-bond donors (Lipinski definition) is 2. The smallest absolute Gasteiger partial charge is 0.404 e. The second-order valence-corrected chi connectivity index (χ2v) is 4.12. The summed E-state index contributed by atoms with van der Waals surface area (Å²) < 4.78 is 13.9. The highest BCUT2D eigenvalue weighted by Gasteiger charge is 2.11. The van der Waals surface area contributed by atoms with Crippen molar-refractivity contribution in [2.45, 2.75) is 19.4 Å². The minimum atomic E-state index is -1.10. The van der Waals surface area contributed by atoms with Crippen LogP contribution in [0.4, 0.5) is 9.18 Å². The minimum Gasteiger partial charge on any atom is -0.465 e. The molecule has 0 heterocycles. The Morgan fingerprint density at radius 3 is 2.93 bits per heavy atom. The van der Waals surface area contributed by atoms with Crippen LogP contribution in [0.15, 0.2) is 22.7 Å². The van der Waals surface area contributed by atoms with Gasteiger partial charge in [0, 0.05) is 6.04 Å². The van der Waals surface area contributed by atoms with E-state index < -0.39 is 6.09 Å². The molecule has 1 aromatic carbocycles. The van der Waals surface area contributed by atoms with E-state index >= 15 is 0 Å². The van der Waals surface area contributed by atoms with Crippen LogP contribution in [0.25, 0.3) is 0 Å². The van der Waals surface area contributed by atoms with E-state index in [1.807, 2.05) is 0 Å². The Morgan fingerprint density at radius 2 is 2.33 bits per heavy atom. The molecule has 15 heavy (non-hydrogen) atoms. The number of benzene rings is 1. The first-order valence-electron chi connectivity index (χ1n) is 4.43. The number of carbonyl (C=O) groups is 1. The van der Waals surface area contributed by atoms with Crippen molar-refractivity contribution in [2.75, 3.05) is 0 Å². The van der Waals surface area contributed by atoms with Crippen molar-refractivity contribution in [1.82, 2.24) is 5.32 Å². The van der Waals surface area contributed by atoms with Gasteiger partial charge in [-0.05, 0) is 40.9 Å². The first-order valence-corrected chi connectivity index (χ1v) is 5.22. The van der Waals surface area contributed by atoms with Crippen LogP contribution in [-0.2, 0) is 6.42 Å². The average Bonchev–Trinajstić information content (AvgIpc) is 2.11. The molecule has 1 rings (SSSR count). The average molecular weight is 276 g/mol. The summed E-state index contributed by atoms with van der Waals surface area (Å²) in [5.41, 5.74) is 0.491. The molecule has 0 aliphatic heterocycles. The summed E-state index contributed by atoms with van der Waals surface area (Å²) in [6.45, 7) is 1.69. The van der Waals surface area contributed by atoms with Gasteiger partial charge in [0.2, 0.25) is 0 Å². The van der Waals surface area contributed by atoms with Crippen molar-refractivity contribution in [3.05, 3.63) is 34.1 Å². The van der Waals surface area contributed by atoms with E-state index in [1.165, 1.54) is 0 Å². The molecule has 3 nitrogen and oxygen atoms in total. The number of rotatable bonds is 3. The third-order valence-corrected chi connectivity index (χ3v) is 2.54. The Bertz CT molecular complexity index is 370. The molecule has 5 heteroatoms. The maximum atomic E-state index is 13.5. The number of carboxylic acid groups (broad SMARTS) is 1. The predicted molar refractivity (Wildman–Crippen MR) is 58.4 cm³/mol. The zero-order chi connectivity index (χ0) is 11.4. The SMILES string of the molecule is C[C@H](Cc1cccc(Br)c1F)NC(=O)O. The van der Waals surface area contributed by atoms with Gasteiger partial charge in [0.15, 0.2) is 0 Å². The Kier molecular flexibility index (Phi) is 4.08. The highest BCUT2D eigenvalue weighted by atomic mass is 79.9. The molecule has 0 saturated heterocycles. The van der Waals surface area contributed by atoms with E-state index in [0.29, 0.717) is 16.5 Å². The lowest BCUT2D eigenvalue weighted by atomic mass is 10.1. The van der Waals surface area contributed by atoms with Gasteiger partial charge in [-0.1, -0.05) is 12.1 Å². The number of halogens is 2. The summed E-state index contributed by atoms with van der Waals surface area (Å²) >= 11 is 3.08. The van der Waals surface area contributed by atoms with Gasteiger partial charge in [0.1, 0.15) is 5.82 Å². The van der Waals surface area contributed by atoms with Crippen LogP contribution >= 0.6 is 15.9 Å². The third-order valence-electron chi connectivity index (χ3n) is 1.93. The lowest BCUT2D eigenvalue weighted by Crippen LogP contribution is -2.32. The van der Waals surface area contributed by atoms with Crippen molar-refractivity contribution in [2.24, 2.45) is 0 Å². The minimum absolute atomic E-state index is 0.314. The highest BCUT2D eigenvalue weighted by Crippen LogP contribution is 2.19. The van der Waals surface area contributed by atoms with E-state index in [0.717, 1.165) is 0 Å². The molecule has 0 aliphatic rings. The molecule has 1 aromatic rings. The molecular formula is C10H11BrFNO2. The van der Waals surface area contributed by atoms with Crippen molar-refractivity contribution in [3.63, 3.8) is 0 Å². The molecule has 82 valence electrons. The van der Waals surface area contributed by atoms with Crippen LogP contribution in [0.2, 0.25) is 0 Å². The molecular weight excluding hydrogens is 265 g/mol. The normalized spacial score (nSPS) is 12.2. The molecule has 0 aliphatic carbocycles. The van der Waals surface area contributed by atoms with Crippen molar-refractivity contribution >= 4 is 22.0 Å². The van der Waals surface area contributed by atoms with E-state index in [-0.39, 0.29) is 11.9 Å². The second kappa shape index (κ2) is 5.11. The number of nitrogens with one attached hydrogen (secondary N) is 1. The monoisotopic (exact) mass is 275 g/mol. The Balaban J connectivity index is 2.72. The largest absolute Gasteiger partial charge is 0.465 e. The molecule has 0 bridgehead atoms. The second-order valence-electron chi connectivity index (χ2n) is 3.27. The van der Waals surface area contributed by atoms with Gasteiger partial charge < -0.3 is 10.4 Å². The fourth-order valence-electron chi connectivity index (χ4n) is 1.30. The fraction of sp³-hybridized carbons (Fsp3) is 0.300. The Labute approximate surface area is 95.4 Å². The van der Waals surface area contributed by atoms with Crippen molar-refractivity contribution in [1.29, 1.82) is 0 Å². The summed E-state index contributed by atoms with van der Waals surface area (Å²) in [6, 6.07) is 4.65. The van der Waals surface area contributed by atoms with E-state index in [2.05, 4.69) is 21.2 Å². The third kappa shape index (κ3) is 3.51. The van der Waals surface area contributed by atoms with Crippen molar-refractivity contribution < 1.29 is 14.3 Å². The number of amides is 1. The Morgan fingerprint density at radius 1 is 1.67 bits per heavy atom. The highest BCUT2D eigenvalue weighted by molar-refractivity contribution is 9.10.